The van der Waals surface area contributed by atoms with Crippen LogP contribution in [0.1, 0.15) is 6.42 Å². The topological polar surface area (TPSA) is 79.5 Å². The smallest absolute Gasteiger partial charge is 0.303 e. The van der Waals surface area contributed by atoms with Crippen molar-refractivity contribution < 1.29 is 8.42 Å². The van der Waals surface area contributed by atoms with Gasteiger partial charge in [0.15, 0.2) is 0 Å². The van der Waals surface area contributed by atoms with E-state index < -0.39 is 10.2 Å². The first kappa shape index (κ1) is 13.9. The van der Waals surface area contributed by atoms with Crippen molar-refractivity contribution in [2.45, 2.75) is 6.42 Å². The number of pyridine rings is 1. The van der Waals surface area contributed by atoms with Gasteiger partial charge in [0.05, 0.1) is 11.9 Å². The van der Waals surface area contributed by atoms with Gasteiger partial charge in [0.2, 0.25) is 0 Å². The van der Waals surface area contributed by atoms with Gasteiger partial charge in [0.1, 0.15) is 0 Å². The number of aromatic nitrogens is 1. The zero-order chi connectivity index (χ0) is 12.9. The van der Waals surface area contributed by atoms with Crippen molar-refractivity contribution in [2.24, 2.45) is 5.73 Å². The van der Waals surface area contributed by atoms with E-state index in [2.05, 4.69) is 4.98 Å². The Balaban J connectivity index is 2.84. The molecule has 0 aliphatic rings. The Kier molecular flexibility index (Phi) is 4.86. The minimum atomic E-state index is -3.49. The molecule has 0 saturated heterocycles. The minimum Gasteiger partial charge on any atom is -0.330 e. The average Bonchev–Trinajstić information content (AvgIpc) is 2.35. The summed E-state index contributed by atoms with van der Waals surface area (Å²) in [6.45, 7) is 0.875. The van der Waals surface area contributed by atoms with Gasteiger partial charge in [-0.15, -0.1) is 0 Å². The monoisotopic (exact) mass is 258 g/mol. The molecule has 0 aliphatic carbocycles. The maximum atomic E-state index is 12.1. The summed E-state index contributed by atoms with van der Waals surface area (Å²) >= 11 is 0. The zero-order valence-electron chi connectivity index (χ0n) is 10.1. The van der Waals surface area contributed by atoms with Gasteiger partial charge < -0.3 is 5.73 Å². The van der Waals surface area contributed by atoms with Crippen molar-refractivity contribution in [1.82, 2.24) is 9.29 Å². The molecule has 0 unspecified atom stereocenters. The van der Waals surface area contributed by atoms with Crippen LogP contribution in [0.15, 0.2) is 24.5 Å². The highest BCUT2D eigenvalue weighted by Gasteiger charge is 2.23. The molecule has 17 heavy (non-hydrogen) atoms. The normalized spacial score (nSPS) is 11.8. The summed E-state index contributed by atoms with van der Waals surface area (Å²) in [5.74, 6) is 0. The molecule has 2 N–H and O–H groups in total. The first-order chi connectivity index (χ1) is 8.00. The lowest BCUT2D eigenvalue weighted by Gasteiger charge is -2.25. The van der Waals surface area contributed by atoms with Crippen LogP contribution in [0.3, 0.4) is 0 Å². The van der Waals surface area contributed by atoms with Crippen molar-refractivity contribution in [3.63, 3.8) is 0 Å². The van der Waals surface area contributed by atoms with Gasteiger partial charge in [-0.3, -0.25) is 9.29 Å². The van der Waals surface area contributed by atoms with Crippen LogP contribution in [-0.4, -0.2) is 44.9 Å². The summed E-state index contributed by atoms with van der Waals surface area (Å²) in [5.41, 5.74) is 5.90. The molecule has 0 aromatic carbocycles. The molecular weight excluding hydrogens is 240 g/mol. The van der Waals surface area contributed by atoms with Gasteiger partial charge in [0.25, 0.3) is 0 Å². The van der Waals surface area contributed by atoms with E-state index in [1.807, 2.05) is 0 Å². The molecule has 0 spiro atoms. The number of rotatable bonds is 6. The van der Waals surface area contributed by atoms with Crippen LogP contribution in [0.25, 0.3) is 0 Å². The molecular formula is C10H18N4O2S. The maximum Gasteiger partial charge on any atom is 0.303 e. The molecule has 1 aromatic heterocycles. The van der Waals surface area contributed by atoms with Crippen LogP contribution < -0.4 is 10.0 Å². The molecule has 1 aromatic rings. The van der Waals surface area contributed by atoms with Crippen LogP contribution in [0.5, 0.6) is 0 Å². The van der Waals surface area contributed by atoms with Crippen molar-refractivity contribution in [3.8, 4) is 0 Å². The lowest BCUT2D eigenvalue weighted by molar-refractivity contribution is 0.462. The Morgan fingerprint density at radius 3 is 2.65 bits per heavy atom. The standard InChI is InChI=1S/C10H18N4O2S/c1-13(8-4-6-11)17(15,16)14(2)10-5-3-7-12-9-10/h3,5,7,9H,4,6,8,11H2,1-2H3. The van der Waals surface area contributed by atoms with E-state index in [9.17, 15) is 8.42 Å². The van der Waals surface area contributed by atoms with Gasteiger partial charge in [-0.2, -0.15) is 12.7 Å². The Morgan fingerprint density at radius 1 is 1.41 bits per heavy atom. The molecule has 0 fully saturated rings. The summed E-state index contributed by atoms with van der Waals surface area (Å²) < 4.78 is 26.7. The summed E-state index contributed by atoms with van der Waals surface area (Å²) in [4.78, 5) is 3.90. The number of nitrogens with zero attached hydrogens (tertiary/aromatic N) is 3. The molecule has 0 aliphatic heterocycles. The Morgan fingerprint density at radius 2 is 2.12 bits per heavy atom. The third-order valence-electron chi connectivity index (χ3n) is 2.43. The van der Waals surface area contributed by atoms with E-state index >= 15 is 0 Å². The molecule has 0 atom stereocenters. The van der Waals surface area contributed by atoms with Gasteiger partial charge in [-0.25, -0.2) is 0 Å². The number of hydrogen-bond acceptors (Lipinski definition) is 4. The van der Waals surface area contributed by atoms with Crippen LogP contribution in [0.4, 0.5) is 5.69 Å². The van der Waals surface area contributed by atoms with Crippen molar-refractivity contribution in [3.05, 3.63) is 24.5 Å². The lowest BCUT2D eigenvalue weighted by atomic mass is 10.4. The van der Waals surface area contributed by atoms with Gasteiger partial charge in [0, 0.05) is 26.8 Å². The summed E-state index contributed by atoms with van der Waals surface area (Å²) in [5, 5.41) is 0. The highest BCUT2D eigenvalue weighted by molar-refractivity contribution is 7.90. The summed E-state index contributed by atoms with van der Waals surface area (Å²) in [6, 6.07) is 3.39. The van der Waals surface area contributed by atoms with E-state index in [-0.39, 0.29) is 0 Å². The second-order valence-corrected chi connectivity index (χ2v) is 5.72. The highest BCUT2D eigenvalue weighted by Crippen LogP contribution is 2.15. The van der Waals surface area contributed by atoms with Crippen molar-refractivity contribution in [1.29, 1.82) is 0 Å². The second-order valence-electron chi connectivity index (χ2n) is 3.65. The van der Waals surface area contributed by atoms with E-state index in [4.69, 9.17) is 5.73 Å². The molecule has 0 bridgehead atoms. The first-order valence-electron chi connectivity index (χ1n) is 5.30. The fourth-order valence-corrected chi connectivity index (χ4v) is 2.46. The maximum absolute atomic E-state index is 12.1. The van der Waals surface area contributed by atoms with Gasteiger partial charge >= 0.3 is 10.2 Å². The Labute approximate surface area is 102 Å². The molecule has 0 radical (unpaired) electrons. The fourth-order valence-electron chi connectivity index (χ4n) is 1.31. The molecule has 1 rings (SSSR count). The lowest BCUT2D eigenvalue weighted by Crippen LogP contribution is -2.40. The number of hydrogen-bond donors (Lipinski definition) is 1. The SMILES string of the molecule is CN(CCCN)S(=O)(=O)N(C)c1cccnc1. The van der Waals surface area contributed by atoms with Crippen LogP contribution in [-0.2, 0) is 10.2 Å². The summed E-state index contributed by atoms with van der Waals surface area (Å²) in [6.07, 6.45) is 3.74. The number of nitrogens with two attached hydrogens (primary N) is 1. The van der Waals surface area contributed by atoms with E-state index in [0.717, 1.165) is 0 Å². The van der Waals surface area contributed by atoms with Gasteiger partial charge in [-0.05, 0) is 25.1 Å². The van der Waals surface area contributed by atoms with Gasteiger partial charge in [-0.1, -0.05) is 0 Å². The van der Waals surface area contributed by atoms with Crippen LogP contribution >= 0.6 is 0 Å². The third-order valence-corrected chi connectivity index (χ3v) is 4.30. The Hall–Kier alpha value is -1.18. The van der Waals surface area contributed by atoms with Crippen LogP contribution in [0.2, 0.25) is 0 Å². The van der Waals surface area contributed by atoms with E-state index in [0.29, 0.717) is 25.2 Å². The molecule has 6 nitrogen and oxygen atoms in total. The van der Waals surface area contributed by atoms with Crippen LogP contribution in [0, 0.1) is 0 Å². The Bertz CT molecular complexity index is 435. The quantitative estimate of drug-likeness (QED) is 0.781. The molecule has 0 amide bonds. The average molecular weight is 258 g/mol. The zero-order valence-corrected chi connectivity index (χ0v) is 10.9. The fraction of sp³-hybridized carbons (Fsp3) is 0.500. The van der Waals surface area contributed by atoms with E-state index in [1.54, 1.807) is 18.3 Å². The molecule has 96 valence electrons. The number of anilines is 1. The largest absolute Gasteiger partial charge is 0.330 e. The predicted molar refractivity (Wildman–Crippen MR) is 67.9 cm³/mol. The predicted octanol–water partition coefficient (Wildman–Crippen LogP) is 0.0432. The third kappa shape index (κ3) is 3.39. The molecule has 7 heteroatoms. The molecule has 1 heterocycles. The van der Waals surface area contributed by atoms with Crippen molar-refractivity contribution >= 4 is 15.9 Å². The minimum absolute atomic E-state index is 0.406. The van der Waals surface area contributed by atoms with E-state index in [1.165, 1.54) is 28.9 Å². The second kappa shape index (κ2) is 5.95. The summed E-state index contributed by atoms with van der Waals surface area (Å²) in [7, 11) is -0.448. The first-order valence-corrected chi connectivity index (χ1v) is 6.70. The molecule has 0 saturated carbocycles. The van der Waals surface area contributed by atoms with Crippen molar-refractivity contribution in [2.75, 3.05) is 31.5 Å². The highest BCUT2D eigenvalue weighted by atomic mass is 32.2.